The third kappa shape index (κ3) is 3.56. The Kier molecular flexibility index (Phi) is 4.92. The zero-order valence-electron chi connectivity index (χ0n) is 17.1. The molecule has 0 spiro atoms. The van der Waals surface area contributed by atoms with Gasteiger partial charge in [-0.3, -0.25) is 14.2 Å². The van der Waals surface area contributed by atoms with E-state index in [0.29, 0.717) is 27.4 Å². The van der Waals surface area contributed by atoms with Gasteiger partial charge in [-0.15, -0.1) is 11.3 Å². The average Bonchev–Trinajstić information content (AvgIpc) is 3.12. The molecule has 0 fully saturated rings. The van der Waals surface area contributed by atoms with Crippen LogP contribution in [0.1, 0.15) is 41.9 Å². The van der Waals surface area contributed by atoms with E-state index in [2.05, 4.69) is 18.8 Å². The van der Waals surface area contributed by atoms with E-state index in [4.69, 9.17) is 21.3 Å². The van der Waals surface area contributed by atoms with Gasteiger partial charge in [-0.2, -0.15) is 0 Å². The SMILES string of the molecule is CC[C@@]1(C)Cc2nc3sc4c(=O)n(CC(=O)c5ccc(Cl)cc5)cnc4c3cc2CO1. The number of Topliss-reactive ketones (excluding diaryl/α,β-unsaturated/α-hetero) is 1. The van der Waals surface area contributed by atoms with Crippen LogP contribution in [-0.4, -0.2) is 25.9 Å². The second-order valence-corrected chi connectivity index (χ2v) is 9.54. The van der Waals surface area contributed by atoms with E-state index < -0.39 is 0 Å². The van der Waals surface area contributed by atoms with Crippen molar-refractivity contribution in [3.63, 3.8) is 0 Å². The number of benzene rings is 1. The number of aromatic nitrogens is 3. The molecule has 0 saturated heterocycles. The van der Waals surface area contributed by atoms with E-state index in [9.17, 15) is 9.59 Å². The van der Waals surface area contributed by atoms with Gasteiger partial charge < -0.3 is 4.74 Å². The van der Waals surface area contributed by atoms with Crippen LogP contribution in [0.4, 0.5) is 0 Å². The maximum Gasteiger partial charge on any atom is 0.271 e. The highest BCUT2D eigenvalue weighted by Gasteiger charge is 2.31. The van der Waals surface area contributed by atoms with Gasteiger partial charge in [-0.05, 0) is 43.7 Å². The summed E-state index contributed by atoms with van der Waals surface area (Å²) in [7, 11) is 0. The number of fused-ring (bicyclic) bond motifs is 4. The fraction of sp³-hybridized carbons (Fsp3) is 0.304. The summed E-state index contributed by atoms with van der Waals surface area (Å²) < 4.78 is 7.91. The molecule has 0 N–H and O–H groups in total. The molecule has 0 aliphatic carbocycles. The van der Waals surface area contributed by atoms with E-state index in [1.807, 2.05) is 6.07 Å². The van der Waals surface area contributed by atoms with E-state index >= 15 is 0 Å². The Morgan fingerprint density at radius 1 is 1.32 bits per heavy atom. The van der Waals surface area contributed by atoms with Crippen molar-refractivity contribution in [3.05, 3.63) is 68.9 Å². The molecule has 4 aromatic rings. The molecule has 3 aromatic heterocycles. The van der Waals surface area contributed by atoms with Crippen LogP contribution in [0.3, 0.4) is 0 Å². The molecule has 1 aliphatic heterocycles. The van der Waals surface area contributed by atoms with Crippen molar-refractivity contribution in [2.45, 2.75) is 45.4 Å². The van der Waals surface area contributed by atoms with Crippen LogP contribution >= 0.6 is 22.9 Å². The maximum absolute atomic E-state index is 13.1. The number of rotatable bonds is 4. The van der Waals surface area contributed by atoms with Crippen molar-refractivity contribution in [3.8, 4) is 0 Å². The minimum atomic E-state index is -0.233. The van der Waals surface area contributed by atoms with Gasteiger partial charge in [0.15, 0.2) is 5.78 Å². The average molecular weight is 454 g/mol. The first-order valence-electron chi connectivity index (χ1n) is 10.1. The van der Waals surface area contributed by atoms with Crippen LogP contribution in [-0.2, 0) is 24.3 Å². The first kappa shape index (κ1) is 20.3. The van der Waals surface area contributed by atoms with Gasteiger partial charge in [0.1, 0.15) is 9.53 Å². The molecule has 0 bridgehead atoms. The number of carbonyl (C=O) groups is 1. The highest BCUT2D eigenvalue weighted by atomic mass is 35.5. The highest BCUT2D eigenvalue weighted by molar-refractivity contribution is 7.25. The summed E-state index contributed by atoms with van der Waals surface area (Å²) in [5.74, 6) is -0.175. The molecule has 0 amide bonds. The van der Waals surface area contributed by atoms with Gasteiger partial charge in [-0.25, -0.2) is 9.97 Å². The normalized spacial score (nSPS) is 18.4. The molecule has 158 valence electrons. The van der Waals surface area contributed by atoms with E-state index in [1.165, 1.54) is 22.2 Å². The van der Waals surface area contributed by atoms with Crippen molar-refractivity contribution in [2.75, 3.05) is 0 Å². The first-order chi connectivity index (χ1) is 14.9. The largest absolute Gasteiger partial charge is 0.370 e. The predicted octanol–water partition coefficient (Wildman–Crippen LogP) is 4.78. The molecule has 1 aliphatic rings. The van der Waals surface area contributed by atoms with Gasteiger partial charge in [0.05, 0.1) is 36.3 Å². The van der Waals surface area contributed by atoms with Gasteiger partial charge in [0.25, 0.3) is 5.56 Å². The van der Waals surface area contributed by atoms with Crippen LogP contribution in [0.25, 0.3) is 20.4 Å². The topological polar surface area (TPSA) is 74.1 Å². The Hall–Kier alpha value is -2.61. The molecule has 1 aromatic carbocycles. The van der Waals surface area contributed by atoms with Crippen molar-refractivity contribution in [2.24, 2.45) is 0 Å². The quantitative estimate of drug-likeness (QED) is 0.415. The molecular weight excluding hydrogens is 434 g/mol. The van der Waals surface area contributed by atoms with Crippen LogP contribution in [0.5, 0.6) is 0 Å². The Balaban J connectivity index is 1.54. The number of halogens is 1. The number of nitrogens with zero attached hydrogens (tertiary/aromatic N) is 3. The van der Waals surface area contributed by atoms with Gasteiger partial charge in [-0.1, -0.05) is 18.5 Å². The number of thiophene rings is 1. The standard InChI is InChI=1S/C23H20ClN3O3S/c1-3-23(2)9-17-14(11-30-23)8-16-19-20(31-21(16)26-17)22(29)27(12-25-19)10-18(28)13-4-6-15(24)7-5-13/h4-8,12H,3,9-11H2,1-2H3/t23-/m0/s1. The lowest BCUT2D eigenvalue weighted by molar-refractivity contribution is -0.0573. The summed E-state index contributed by atoms with van der Waals surface area (Å²) >= 11 is 7.22. The van der Waals surface area contributed by atoms with E-state index in [0.717, 1.165) is 34.3 Å². The number of carbonyl (C=O) groups excluding carboxylic acids is 1. The Morgan fingerprint density at radius 2 is 2.10 bits per heavy atom. The second-order valence-electron chi connectivity index (χ2n) is 8.10. The third-order valence-electron chi connectivity index (χ3n) is 5.95. The third-order valence-corrected chi connectivity index (χ3v) is 7.28. The molecule has 0 unspecified atom stereocenters. The molecule has 6 nitrogen and oxygen atoms in total. The molecule has 1 atom stereocenters. The zero-order valence-corrected chi connectivity index (χ0v) is 18.7. The monoisotopic (exact) mass is 453 g/mol. The lowest BCUT2D eigenvalue weighted by Crippen LogP contribution is -2.35. The number of hydrogen-bond donors (Lipinski definition) is 0. The summed E-state index contributed by atoms with van der Waals surface area (Å²) in [5, 5.41) is 1.41. The summed E-state index contributed by atoms with van der Waals surface area (Å²) in [6.45, 7) is 4.64. The van der Waals surface area contributed by atoms with Crippen LogP contribution in [0, 0.1) is 0 Å². The molecule has 4 heterocycles. The van der Waals surface area contributed by atoms with Crippen LogP contribution < -0.4 is 5.56 Å². The predicted molar refractivity (Wildman–Crippen MR) is 122 cm³/mol. The number of ether oxygens (including phenoxy) is 1. The lowest BCUT2D eigenvalue weighted by atomic mass is 9.91. The highest BCUT2D eigenvalue weighted by Crippen LogP contribution is 2.35. The molecular formula is C23H20ClN3O3S. The molecule has 31 heavy (non-hydrogen) atoms. The fourth-order valence-electron chi connectivity index (χ4n) is 3.83. The smallest absolute Gasteiger partial charge is 0.271 e. The summed E-state index contributed by atoms with van der Waals surface area (Å²) in [6.07, 6.45) is 3.09. The van der Waals surface area contributed by atoms with E-state index in [1.54, 1.807) is 24.3 Å². The molecule has 0 saturated carbocycles. The number of hydrogen-bond acceptors (Lipinski definition) is 6. The van der Waals surface area contributed by atoms with Crippen molar-refractivity contribution in [1.29, 1.82) is 0 Å². The molecule has 5 rings (SSSR count). The number of ketones is 1. The Morgan fingerprint density at radius 3 is 2.84 bits per heavy atom. The fourth-order valence-corrected chi connectivity index (χ4v) is 5.03. The summed E-state index contributed by atoms with van der Waals surface area (Å²) in [6, 6.07) is 8.67. The number of pyridine rings is 1. The van der Waals surface area contributed by atoms with Gasteiger partial charge in [0.2, 0.25) is 0 Å². The second kappa shape index (κ2) is 7.51. The minimum Gasteiger partial charge on any atom is -0.370 e. The van der Waals surface area contributed by atoms with Gasteiger partial charge in [0, 0.05) is 28.0 Å². The Bertz CT molecular complexity index is 1390. The lowest BCUT2D eigenvalue weighted by Gasteiger charge is -2.33. The molecule has 8 heteroatoms. The van der Waals surface area contributed by atoms with Crippen molar-refractivity contribution >= 4 is 49.2 Å². The Labute approximate surface area is 187 Å². The van der Waals surface area contributed by atoms with Crippen molar-refractivity contribution in [1.82, 2.24) is 14.5 Å². The van der Waals surface area contributed by atoms with Crippen molar-refractivity contribution < 1.29 is 9.53 Å². The first-order valence-corrected chi connectivity index (χ1v) is 11.3. The summed E-state index contributed by atoms with van der Waals surface area (Å²) in [4.78, 5) is 35.8. The zero-order chi connectivity index (χ0) is 21.8. The van der Waals surface area contributed by atoms with Gasteiger partial charge >= 0.3 is 0 Å². The van der Waals surface area contributed by atoms with Crippen LogP contribution in [0.15, 0.2) is 41.5 Å². The molecule has 0 radical (unpaired) electrons. The van der Waals surface area contributed by atoms with Crippen LogP contribution in [0.2, 0.25) is 5.02 Å². The summed E-state index contributed by atoms with van der Waals surface area (Å²) in [5.41, 5.74) is 2.75. The van der Waals surface area contributed by atoms with E-state index in [-0.39, 0.29) is 23.5 Å². The maximum atomic E-state index is 13.1. The minimum absolute atomic E-state index is 0.0791.